The molecule has 0 aliphatic rings. The third-order valence-electron chi connectivity index (χ3n) is 2.59. The van der Waals surface area contributed by atoms with Crippen LogP contribution >= 0.6 is 0 Å². The Balaban J connectivity index is 1.90. The summed E-state index contributed by atoms with van der Waals surface area (Å²) in [5.41, 5.74) is 0.811. The van der Waals surface area contributed by atoms with E-state index in [0.29, 0.717) is 18.2 Å². The Kier molecular flexibility index (Phi) is 4.60. The lowest BCUT2D eigenvalue weighted by atomic mass is 10.2. The van der Waals surface area contributed by atoms with E-state index >= 15 is 0 Å². The van der Waals surface area contributed by atoms with Crippen LogP contribution in [-0.2, 0) is 11.3 Å². The highest BCUT2D eigenvalue weighted by molar-refractivity contribution is 5.75. The number of nitrogens with one attached hydrogen (secondary N) is 1. The van der Waals surface area contributed by atoms with E-state index in [-0.39, 0.29) is 12.5 Å². The largest absolute Gasteiger partial charge is 0.419 e. The van der Waals surface area contributed by atoms with Crippen LogP contribution in [0.2, 0.25) is 0 Å². The summed E-state index contributed by atoms with van der Waals surface area (Å²) in [5, 5.41) is 10.6. The topological polar surface area (TPSA) is 80.9 Å². The molecule has 0 saturated carbocycles. The molecule has 2 aromatic rings. The SMILES string of the molecule is CCCCC(=O)NCc1nnc(-c2ccncc2)o1. The van der Waals surface area contributed by atoms with Crippen molar-refractivity contribution in [3.05, 3.63) is 30.4 Å². The molecule has 2 aromatic heterocycles. The fraction of sp³-hybridized carbons (Fsp3) is 0.385. The number of pyridine rings is 1. The van der Waals surface area contributed by atoms with E-state index in [1.54, 1.807) is 24.5 Å². The zero-order valence-corrected chi connectivity index (χ0v) is 10.8. The molecule has 0 aromatic carbocycles. The number of rotatable bonds is 6. The van der Waals surface area contributed by atoms with Crippen molar-refractivity contribution in [3.8, 4) is 11.5 Å². The lowest BCUT2D eigenvalue weighted by Gasteiger charge is -2.00. The minimum Gasteiger partial charge on any atom is -0.419 e. The Morgan fingerprint density at radius 2 is 2.11 bits per heavy atom. The fourth-order valence-corrected chi connectivity index (χ4v) is 1.54. The van der Waals surface area contributed by atoms with Crippen LogP contribution in [0.5, 0.6) is 0 Å². The van der Waals surface area contributed by atoms with Crippen LogP contribution in [-0.4, -0.2) is 21.1 Å². The summed E-state index contributed by atoms with van der Waals surface area (Å²) in [5.74, 6) is 0.836. The van der Waals surface area contributed by atoms with E-state index in [4.69, 9.17) is 4.42 Å². The van der Waals surface area contributed by atoms with Crippen molar-refractivity contribution in [1.82, 2.24) is 20.5 Å². The Morgan fingerprint density at radius 3 is 2.84 bits per heavy atom. The Hall–Kier alpha value is -2.24. The molecule has 6 heteroatoms. The molecule has 0 fully saturated rings. The average Bonchev–Trinajstić information content (AvgIpc) is 2.93. The maximum absolute atomic E-state index is 11.4. The van der Waals surface area contributed by atoms with Gasteiger partial charge in [-0.25, -0.2) is 0 Å². The second kappa shape index (κ2) is 6.63. The summed E-state index contributed by atoms with van der Waals surface area (Å²) in [6.07, 6.45) is 5.73. The molecule has 1 amide bonds. The minimum atomic E-state index is 0.00510. The number of hydrogen-bond acceptors (Lipinski definition) is 5. The number of hydrogen-bond donors (Lipinski definition) is 1. The average molecular weight is 260 g/mol. The summed E-state index contributed by atoms with van der Waals surface area (Å²) >= 11 is 0. The number of carbonyl (C=O) groups excluding carboxylic acids is 1. The van der Waals surface area contributed by atoms with Crippen LogP contribution in [0.25, 0.3) is 11.5 Å². The maximum Gasteiger partial charge on any atom is 0.247 e. The smallest absolute Gasteiger partial charge is 0.247 e. The first-order valence-corrected chi connectivity index (χ1v) is 6.29. The second-order valence-corrected chi connectivity index (χ2v) is 4.12. The van der Waals surface area contributed by atoms with Crippen molar-refractivity contribution in [2.75, 3.05) is 0 Å². The molecule has 19 heavy (non-hydrogen) atoms. The summed E-state index contributed by atoms with van der Waals surface area (Å²) in [7, 11) is 0. The van der Waals surface area contributed by atoms with Gasteiger partial charge >= 0.3 is 0 Å². The van der Waals surface area contributed by atoms with E-state index in [9.17, 15) is 4.79 Å². The lowest BCUT2D eigenvalue weighted by molar-refractivity contribution is -0.121. The lowest BCUT2D eigenvalue weighted by Crippen LogP contribution is -2.22. The van der Waals surface area contributed by atoms with Gasteiger partial charge in [0.1, 0.15) is 0 Å². The molecule has 0 radical (unpaired) electrons. The fourth-order valence-electron chi connectivity index (χ4n) is 1.54. The number of nitrogens with zero attached hydrogens (tertiary/aromatic N) is 3. The predicted octanol–water partition coefficient (Wildman–Crippen LogP) is 1.94. The van der Waals surface area contributed by atoms with Gasteiger partial charge in [0, 0.05) is 24.4 Å². The summed E-state index contributed by atoms with van der Waals surface area (Å²) in [6, 6.07) is 3.58. The monoisotopic (exact) mass is 260 g/mol. The van der Waals surface area contributed by atoms with Gasteiger partial charge in [0.25, 0.3) is 0 Å². The van der Waals surface area contributed by atoms with Crippen molar-refractivity contribution >= 4 is 5.91 Å². The number of aromatic nitrogens is 3. The molecule has 2 rings (SSSR count). The van der Waals surface area contributed by atoms with Crippen LogP contribution in [0.1, 0.15) is 32.1 Å². The number of amides is 1. The van der Waals surface area contributed by atoms with Gasteiger partial charge in [-0.1, -0.05) is 13.3 Å². The molecule has 1 N–H and O–H groups in total. The second-order valence-electron chi connectivity index (χ2n) is 4.12. The zero-order chi connectivity index (χ0) is 13.5. The van der Waals surface area contributed by atoms with Crippen molar-refractivity contribution in [2.24, 2.45) is 0 Å². The standard InChI is InChI=1S/C13H16N4O2/c1-2-3-4-11(18)15-9-12-16-17-13(19-12)10-5-7-14-8-6-10/h5-8H,2-4,9H2,1H3,(H,15,18). The van der Waals surface area contributed by atoms with Gasteiger partial charge in [-0.05, 0) is 18.6 Å². The van der Waals surface area contributed by atoms with E-state index in [1.807, 2.05) is 6.92 Å². The molecule has 0 saturated heterocycles. The molecule has 0 aliphatic carbocycles. The zero-order valence-electron chi connectivity index (χ0n) is 10.8. The third-order valence-corrected chi connectivity index (χ3v) is 2.59. The van der Waals surface area contributed by atoms with E-state index in [1.165, 1.54) is 0 Å². The summed E-state index contributed by atoms with van der Waals surface area (Å²) in [4.78, 5) is 15.4. The van der Waals surface area contributed by atoms with Crippen molar-refractivity contribution in [2.45, 2.75) is 32.7 Å². The highest BCUT2D eigenvalue weighted by atomic mass is 16.4. The Bertz CT molecular complexity index is 524. The first-order chi connectivity index (χ1) is 9.29. The molecule has 2 heterocycles. The van der Waals surface area contributed by atoms with Crippen molar-refractivity contribution in [1.29, 1.82) is 0 Å². The molecule has 0 bridgehead atoms. The molecular weight excluding hydrogens is 244 g/mol. The van der Waals surface area contributed by atoms with Gasteiger partial charge in [-0.15, -0.1) is 10.2 Å². The van der Waals surface area contributed by atoms with Crippen LogP contribution in [0, 0.1) is 0 Å². The molecule has 0 unspecified atom stereocenters. The van der Waals surface area contributed by atoms with E-state index in [0.717, 1.165) is 18.4 Å². The normalized spacial score (nSPS) is 10.4. The van der Waals surface area contributed by atoms with Crippen molar-refractivity contribution < 1.29 is 9.21 Å². The molecule has 100 valence electrons. The minimum absolute atomic E-state index is 0.00510. The molecule has 0 spiro atoms. The van der Waals surface area contributed by atoms with Crippen molar-refractivity contribution in [3.63, 3.8) is 0 Å². The molecular formula is C13H16N4O2. The summed E-state index contributed by atoms with van der Waals surface area (Å²) in [6.45, 7) is 2.31. The van der Waals surface area contributed by atoms with Gasteiger partial charge in [-0.3, -0.25) is 9.78 Å². The highest BCUT2D eigenvalue weighted by Crippen LogP contribution is 2.15. The Labute approximate surface area is 111 Å². The molecule has 0 atom stereocenters. The van der Waals surface area contributed by atoms with Crippen LogP contribution < -0.4 is 5.32 Å². The molecule has 6 nitrogen and oxygen atoms in total. The number of unbranched alkanes of at least 4 members (excludes halogenated alkanes) is 1. The van der Waals surface area contributed by atoms with Gasteiger partial charge in [-0.2, -0.15) is 0 Å². The van der Waals surface area contributed by atoms with Crippen LogP contribution in [0.4, 0.5) is 0 Å². The van der Waals surface area contributed by atoms with Gasteiger partial charge in [0.15, 0.2) is 0 Å². The highest BCUT2D eigenvalue weighted by Gasteiger charge is 2.09. The maximum atomic E-state index is 11.4. The van der Waals surface area contributed by atoms with Crippen LogP contribution in [0.15, 0.2) is 28.9 Å². The number of carbonyl (C=O) groups is 1. The first kappa shape index (κ1) is 13.2. The predicted molar refractivity (Wildman–Crippen MR) is 68.9 cm³/mol. The molecule has 0 aliphatic heterocycles. The van der Waals surface area contributed by atoms with E-state index in [2.05, 4.69) is 20.5 Å². The van der Waals surface area contributed by atoms with Crippen LogP contribution in [0.3, 0.4) is 0 Å². The first-order valence-electron chi connectivity index (χ1n) is 6.29. The third kappa shape index (κ3) is 3.87. The van der Waals surface area contributed by atoms with Gasteiger partial charge in [0.2, 0.25) is 17.7 Å². The van der Waals surface area contributed by atoms with Gasteiger partial charge < -0.3 is 9.73 Å². The quantitative estimate of drug-likeness (QED) is 0.858. The Morgan fingerprint density at radius 1 is 1.32 bits per heavy atom. The van der Waals surface area contributed by atoms with E-state index < -0.39 is 0 Å². The van der Waals surface area contributed by atoms with Gasteiger partial charge in [0.05, 0.1) is 6.54 Å². The summed E-state index contributed by atoms with van der Waals surface area (Å²) < 4.78 is 5.46.